The SMILES string of the molecule is CCn1nc2ncc(N3CC4(CN(C(=O)N5CCN(C)CC5)C4)C3)cc2c1N(C)c1nc(-c2ccc(C)cc2)c(C#N)s1. The fourth-order valence-corrected chi connectivity index (χ4v) is 7.36. The van der Waals surface area contributed by atoms with E-state index in [-0.39, 0.29) is 11.4 Å². The molecule has 1 spiro atoms. The average Bonchev–Trinajstić information content (AvgIpc) is 3.57. The fraction of sp³-hybridized carbons (Fsp3) is 0.452. The van der Waals surface area contributed by atoms with Gasteiger partial charge in [0.05, 0.1) is 17.3 Å². The third-order valence-electron chi connectivity index (χ3n) is 9.01. The van der Waals surface area contributed by atoms with Gasteiger partial charge in [-0.1, -0.05) is 41.2 Å². The van der Waals surface area contributed by atoms with Crippen LogP contribution in [0.1, 0.15) is 17.4 Å². The van der Waals surface area contributed by atoms with E-state index >= 15 is 0 Å². The molecule has 0 N–H and O–H groups in total. The zero-order valence-electron chi connectivity index (χ0n) is 25.1. The van der Waals surface area contributed by atoms with Crippen LogP contribution in [0, 0.1) is 23.7 Å². The molecule has 0 atom stereocenters. The van der Waals surface area contributed by atoms with Gasteiger partial charge in [-0.3, -0.25) is 0 Å². The molecular formula is C31H36N10OS. The van der Waals surface area contributed by atoms with Crippen molar-refractivity contribution in [3.63, 3.8) is 0 Å². The van der Waals surface area contributed by atoms with E-state index in [1.807, 2.05) is 63.8 Å². The van der Waals surface area contributed by atoms with Gasteiger partial charge in [-0.15, -0.1) is 0 Å². The number of likely N-dealkylation sites (tertiary alicyclic amines) is 1. The summed E-state index contributed by atoms with van der Waals surface area (Å²) in [5.41, 5.74) is 4.72. The van der Waals surface area contributed by atoms with E-state index in [0.717, 1.165) is 79.9 Å². The van der Waals surface area contributed by atoms with Crippen LogP contribution in [0.3, 0.4) is 0 Å². The number of rotatable bonds is 5. The summed E-state index contributed by atoms with van der Waals surface area (Å²) in [6, 6.07) is 12.8. The number of aryl methyl sites for hydroxylation is 2. The number of anilines is 3. The van der Waals surface area contributed by atoms with Crippen molar-refractivity contribution in [1.29, 1.82) is 5.26 Å². The van der Waals surface area contributed by atoms with Crippen LogP contribution in [0.25, 0.3) is 22.3 Å². The molecule has 1 aromatic carbocycles. The molecule has 11 nitrogen and oxygen atoms in total. The number of nitrogens with zero attached hydrogens (tertiary/aromatic N) is 10. The summed E-state index contributed by atoms with van der Waals surface area (Å²) in [5.74, 6) is 0.906. The number of thiazole rings is 1. The van der Waals surface area contributed by atoms with Crippen LogP contribution in [0.4, 0.5) is 21.4 Å². The lowest BCUT2D eigenvalue weighted by Gasteiger charge is -2.61. The van der Waals surface area contributed by atoms with Gasteiger partial charge in [0.15, 0.2) is 10.8 Å². The second kappa shape index (κ2) is 10.5. The molecule has 3 fully saturated rings. The number of hydrogen-bond donors (Lipinski definition) is 0. The van der Waals surface area contributed by atoms with E-state index in [4.69, 9.17) is 15.1 Å². The molecule has 3 aliphatic heterocycles. The molecule has 0 bridgehead atoms. The number of amides is 2. The summed E-state index contributed by atoms with van der Waals surface area (Å²) in [5, 5.41) is 16.4. The van der Waals surface area contributed by atoms with Gasteiger partial charge < -0.3 is 24.5 Å². The van der Waals surface area contributed by atoms with Crippen molar-refractivity contribution >= 4 is 45.0 Å². The molecule has 4 aromatic rings. The number of pyridine rings is 1. The minimum absolute atomic E-state index is 0.172. The quantitative estimate of drug-likeness (QED) is 0.341. The third kappa shape index (κ3) is 4.77. The van der Waals surface area contributed by atoms with Crippen molar-refractivity contribution in [2.45, 2.75) is 20.4 Å². The number of likely N-dealkylation sites (N-methyl/N-ethyl adjacent to an activating group) is 1. The van der Waals surface area contributed by atoms with Crippen LogP contribution in [0.5, 0.6) is 0 Å². The largest absolute Gasteiger partial charge is 0.369 e. The molecule has 3 aromatic heterocycles. The minimum Gasteiger partial charge on any atom is -0.369 e. The number of piperazine rings is 1. The number of fused-ring (bicyclic) bond motifs is 1. The van der Waals surface area contributed by atoms with Crippen molar-refractivity contribution in [3.05, 3.63) is 47.0 Å². The first-order valence-electron chi connectivity index (χ1n) is 14.8. The molecule has 3 aliphatic rings. The molecule has 7 rings (SSSR count). The van der Waals surface area contributed by atoms with E-state index in [2.05, 4.69) is 35.9 Å². The van der Waals surface area contributed by atoms with Crippen molar-refractivity contribution in [3.8, 4) is 17.3 Å². The van der Waals surface area contributed by atoms with E-state index in [1.165, 1.54) is 16.9 Å². The normalized spacial score (nSPS) is 18.1. The van der Waals surface area contributed by atoms with Crippen LogP contribution in [0.15, 0.2) is 36.5 Å². The molecule has 0 saturated carbocycles. The number of benzene rings is 1. The number of aromatic nitrogens is 4. The molecule has 2 amide bonds. The number of carbonyl (C=O) groups is 1. The Labute approximate surface area is 255 Å². The zero-order valence-corrected chi connectivity index (χ0v) is 25.9. The van der Waals surface area contributed by atoms with E-state index < -0.39 is 0 Å². The molecule has 0 radical (unpaired) electrons. The van der Waals surface area contributed by atoms with Crippen LogP contribution < -0.4 is 9.80 Å². The zero-order chi connectivity index (χ0) is 29.9. The molecule has 12 heteroatoms. The lowest BCUT2D eigenvalue weighted by Crippen LogP contribution is -2.74. The maximum absolute atomic E-state index is 13.0. The number of nitriles is 1. The molecule has 3 saturated heterocycles. The van der Waals surface area contributed by atoms with Gasteiger partial charge in [0.2, 0.25) is 0 Å². The van der Waals surface area contributed by atoms with Gasteiger partial charge >= 0.3 is 6.03 Å². The average molecular weight is 597 g/mol. The minimum atomic E-state index is 0.172. The van der Waals surface area contributed by atoms with E-state index in [1.54, 1.807) is 0 Å². The lowest BCUT2D eigenvalue weighted by atomic mass is 9.72. The Morgan fingerprint density at radius 1 is 1.09 bits per heavy atom. The molecule has 0 aliphatic carbocycles. The molecule has 0 unspecified atom stereocenters. The van der Waals surface area contributed by atoms with Gasteiger partial charge in [-0.25, -0.2) is 19.4 Å². The van der Waals surface area contributed by atoms with Crippen molar-refractivity contribution in [1.82, 2.24) is 34.4 Å². The summed E-state index contributed by atoms with van der Waals surface area (Å²) in [7, 11) is 4.09. The molecule has 6 heterocycles. The maximum atomic E-state index is 13.0. The fourth-order valence-electron chi connectivity index (χ4n) is 6.51. The van der Waals surface area contributed by atoms with Crippen LogP contribution >= 0.6 is 11.3 Å². The Morgan fingerprint density at radius 2 is 1.81 bits per heavy atom. The predicted octanol–water partition coefficient (Wildman–Crippen LogP) is 4.01. The van der Waals surface area contributed by atoms with Crippen molar-refractivity contribution in [2.75, 3.05) is 76.3 Å². The number of urea groups is 1. The second-order valence-electron chi connectivity index (χ2n) is 12.2. The van der Waals surface area contributed by atoms with Crippen molar-refractivity contribution < 1.29 is 4.79 Å². The first kappa shape index (κ1) is 27.6. The first-order chi connectivity index (χ1) is 20.8. The highest BCUT2D eigenvalue weighted by Crippen LogP contribution is 2.44. The Bertz CT molecular complexity index is 1720. The van der Waals surface area contributed by atoms with E-state index in [0.29, 0.717) is 22.8 Å². The monoisotopic (exact) mass is 596 g/mol. The van der Waals surface area contributed by atoms with Crippen LogP contribution in [-0.2, 0) is 6.54 Å². The summed E-state index contributed by atoms with van der Waals surface area (Å²) in [6.45, 7) is 11.8. The smallest absolute Gasteiger partial charge is 0.320 e. The highest BCUT2D eigenvalue weighted by molar-refractivity contribution is 7.16. The lowest BCUT2D eigenvalue weighted by molar-refractivity contribution is -0.00757. The third-order valence-corrected chi connectivity index (χ3v) is 10.1. The first-order valence-corrected chi connectivity index (χ1v) is 15.6. The Kier molecular flexibility index (Phi) is 6.74. The molecule has 43 heavy (non-hydrogen) atoms. The highest BCUT2D eigenvalue weighted by atomic mass is 32.1. The van der Waals surface area contributed by atoms with E-state index in [9.17, 15) is 10.1 Å². The predicted molar refractivity (Wildman–Crippen MR) is 169 cm³/mol. The summed E-state index contributed by atoms with van der Waals surface area (Å²) in [4.78, 5) is 33.9. The highest BCUT2D eigenvalue weighted by Gasteiger charge is 2.54. The Balaban J connectivity index is 1.09. The van der Waals surface area contributed by atoms with Gasteiger partial charge in [0.25, 0.3) is 0 Å². The maximum Gasteiger partial charge on any atom is 0.320 e. The van der Waals surface area contributed by atoms with Crippen molar-refractivity contribution in [2.24, 2.45) is 5.41 Å². The topological polar surface area (TPSA) is 101 Å². The number of hydrogen-bond acceptors (Lipinski definition) is 9. The van der Waals surface area contributed by atoms with Crippen LogP contribution in [-0.4, -0.2) is 107 Å². The summed E-state index contributed by atoms with van der Waals surface area (Å²) < 4.78 is 1.95. The standard InChI is InChI=1S/C31H36N10OS/c1-5-41-28(37(4)29-34-26(25(15-32)43-29)22-8-6-21(2)7-9-22)24-14-23(16-33-27(24)35-41)39-17-31(18-39)19-40(20-31)30(42)38-12-10-36(3)11-13-38/h6-9,14,16H,5,10-13,17-20H2,1-4H3. The second-order valence-corrected chi connectivity index (χ2v) is 13.2. The summed E-state index contributed by atoms with van der Waals surface area (Å²) in [6.07, 6.45) is 1.91. The Hall–Kier alpha value is -4.21. The van der Waals surface area contributed by atoms with Gasteiger partial charge in [-0.05, 0) is 27.0 Å². The number of carbonyl (C=O) groups excluding carboxylic acids is 1. The van der Waals surface area contributed by atoms with Gasteiger partial charge in [0.1, 0.15) is 22.5 Å². The Morgan fingerprint density at radius 3 is 2.49 bits per heavy atom. The molecule has 222 valence electrons. The molecular weight excluding hydrogens is 560 g/mol. The van der Waals surface area contributed by atoms with Gasteiger partial charge in [-0.2, -0.15) is 10.4 Å². The summed E-state index contributed by atoms with van der Waals surface area (Å²) >= 11 is 1.39. The van der Waals surface area contributed by atoms with Crippen LogP contribution in [0.2, 0.25) is 0 Å². The van der Waals surface area contributed by atoms with Gasteiger partial charge in [0, 0.05) is 76.9 Å².